The lowest BCUT2D eigenvalue weighted by Crippen LogP contribution is -2.39. The highest BCUT2D eigenvalue weighted by molar-refractivity contribution is 5.07. The lowest BCUT2D eigenvalue weighted by atomic mass is 10.0. The van der Waals surface area contributed by atoms with Gasteiger partial charge in [0.05, 0.1) is 0 Å². The van der Waals surface area contributed by atoms with Crippen LogP contribution in [0.5, 0.6) is 0 Å². The van der Waals surface area contributed by atoms with Crippen LogP contribution in [-0.4, -0.2) is 23.5 Å². The van der Waals surface area contributed by atoms with Gasteiger partial charge in [-0.15, -0.1) is 6.58 Å². The van der Waals surface area contributed by atoms with E-state index in [1.807, 2.05) is 6.08 Å². The van der Waals surface area contributed by atoms with Crippen molar-refractivity contribution in [1.82, 2.24) is 4.90 Å². The van der Waals surface area contributed by atoms with Gasteiger partial charge in [0.2, 0.25) is 0 Å². The SMILES string of the molecule is C=CC[C@H]1C=CC[C@H]2CCCN21. The zero-order chi connectivity index (χ0) is 8.39. The van der Waals surface area contributed by atoms with Crippen LogP contribution in [0, 0.1) is 0 Å². The average Bonchev–Trinajstić information content (AvgIpc) is 2.53. The molecule has 0 aliphatic carbocycles. The maximum Gasteiger partial charge on any atom is 0.0315 e. The summed E-state index contributed by atoms with van der Waals surface area (Å²) in [6.45, 7) is 5.11. The number of nitrogens with zero attached hydrogens (tertiary/aromatic N) is 1. The first-order valence-electron chi connectivity index (χ1n) is 4.95. The average molecular weight is 163 g/mol. The van der Waals surface area contributed by atoms with E-state index >= 15 is 0 Å². The minimum atomic E-state index is 0.656. The fourth-order valence-corrected chi connectivity index (χ4v) is 2.44. The van der Waals surface area contributed by atoms with Crippen molar-refractivity contribution in [3.8, 4) is 0 Å². The minimum absolute atomic E-state index is 0.656. The quantitative estimate of drug-likeness (QED) is 0.565. The number of hydrogen-bond donors (Lipinski definition) is 0. The largest absolute Gasteiger partial charge is 0.293 e. The van der Waals surface area contributed by atoms with Crippen LogP contribution in [0.15, 0.2) is 24.8 Å². The molecule has 2 aliphatic heterocycles. The normalized spacial score (nSPS) is 35.0. The minimum Gasteiger partial charge on any atom is -0.293 e. The fraction of sp³-hybridized carbons (Fsp3) is 0.636. The molecule has 2 rings (SSSR count). The van der Waals surface area contributed by atoms with Crippen molar-refractivity contribution in [3.63, 3.8) is 0 Å². The maximum atomic E-state index is 3.81. The summed E-state index contributed by atoms with van der Waals surface area (Å²) in [6.07, 6.45) is 11.9. The Morgan fingerprint density at radius 2 is 2.50 bits per heavy atom. The lowest BCUT2D eigenvalue weighted by molar-refractivity contribution is 0.201. The molecule has 1 heteroatoms. The van der Waals surface area contributed by atoms with Gasteiger partial charge in [-0.05, 0) is 32.2 Å². The summed E-state index contributed by atoms with van der Waals surface area (Å²) in [5.74, 6) is 0. The molecule has 0 bridgehead atoms. The van der Waals surface area contributed by atoms with E-state index in [9.17, 15) is 0 Å². The Bertz CT molecular complexity index is 195. The Hall–Kier alpha value is -0.560. The van der Waals surface area contributed by atoms with E-state index in [4.69, 9.17) is 0 Å². The van der Waals surface area contributed by atoms with E-state index in [1.165, 1.54) is 25.8 Å². The van der Waals surface area contributed by atoms with Gasteiger partial charge in [-0.2, -0.15) is 0 Å². The Labute approximate surface area is 74.8 Å². The predicted molar refractivity (Wildman–Crippen MR) is 52.1 cm³/mol. The number of fused-ring (bicyclic) bond motifs is 1. The second-order valence-electron chi connectivity index (χ2n) is 3.79. The highest BCUT2D eigenvalue weighted by Gasteiger charge is 2.30. The molecule has 0 amide bonds. The number of rotatable bonds is 2. The third kappa shape index (κ3) is 1.34. The molecule has 1 fully saturated rings. The fourth-order valence-electron chi connectivity index (χ4n) is 2.44. The van der Waals surface area contributed by atoms with Crippen LogP contribution in [0.25, 0.3) is 0 Å². The molecule has 0 aromatic carbocycles. The van der Waals surface area contributed by atoms with Crippen molar-refractivity contribution < 1.29 is 0 Å². The molecule has 0 aromatic rings. The summed E-state index contributed by atoms with van der Waals surface area (Å²) >= 11 is 0. The summed E-state index contributed by atoms with van der Waals surface area (Å²) < 4.78 is 0. The van der Waals surface area contributed by atoms with E-state index in [1.54, 1.807) is 0 Å². The van der Waals surface area contributed by atoms with E-state index < -0.39 is 0 Å². The molecule has 2 aliphatic rings. The standard InChI is InChI=1S/C11H17N/c1-2-5-10-6-3-7-11-8-4-9-12(10)11/h2-3,6,10-11H,1,4-5,7-9H2/t10-,11-/m0/s1. The van der Waals surface area contributed by atoms with Crippen molar-refractivity contribution in [2.45, 2.75) is 37.8 Å². The first-order valence-corrected chi connectivity index (χ1v) is 4.95. The molecule has 66 valence electrons. The molecule has 0 spiro atoms. The third-order valence-corrected chi connectivity index (χ3v) is 3.02. The van der Waals surface area contributed by atoms with Crippen LogP contribution in [0.2, 0.25) is 0 Å². The summed E-state index contributed by atoms with van der Waals surface area (Å²) in [5, 5.41) is 0. The maximum absolute atomic E-state index is 3.81. The van der Waals surface area contributed by atoms with Crippen molar-refractivity contribution >= 4 is 0 Å². The van der Waals surface area contributed by atoms with E-state index in [-0.39, 0.29) is 0 Å². The monoisotopic (exact) mass is 163 g/mol. The van der Waals surface area contributed by atoms with Crippen LogP contribution in [0.3, 0.4) is 0 Å². The molecule has 0 radical (unpaired) electrons. The van der Waals surface area contributed by atoms with Crippen molar-refractivity contribution in [2.24, 2.45) is 0 Å². The van der Waals surface area contributed by atoms with Gasteiger partial charge in [0, 0.05) is 12.1 Å². The topological polar surface area (TPSA) is 3.24 Å². The molecule has 2 heterocycles. The first kappa shape index (κ1) is 8.06. The summed E-state index contributed by atoms with van der Waals surface area (Å²) in [6, 6.07) is 1.50. The van der Waals surface area contributed by atoms with Crippen molar-refractivity contribution in [3.05, 3.63) is 24.8 Å². The van der Waals surface area contributed by atoms with Crippen LogP contribution in [0.1, 0.15) is 25.7 Å². The van der Waals surface area contributed by atoms with Crippen molar-refractivity contribution in [2.75, 3.05) is 6.54 Å². The molecule has 0 N–H and O–H groups in total. The Kier molecular flexibility index (Phi) is 2.31. The van der Waals surface area contributed by atoms with Gasteiger partial charge >= 0.3 is 0 Å². The Balaban J connectivity index is 2.06. The van der Waals surface area contributed by atoms with Gasteiger partial charge in [-0.1, -0.05) is 18.2 Å². The zero-order valence-electron chi connectivity index (χ0n) is 7.58. The van der Waals surface area contributed by atoms with E-state index in [0.717, 1.165) is 12.5 Å². The Morgan fingerprint density at radius 1 is 1.58 bits per heavy atom. The van der Waals surface area contributed by atoms with Gasteiger partial charge in [-0.3, -0.25) is 4.90 Å². The van der Waals surface area contributed by atoms with Gasteiger partial charge in [0.25, 0.3) is 0 Å². The molecular formula is C11H17N. The van der Waals surface area contributed by atoms with Crippen LogP contribution >= 0.6 is 0 Å². The number of hydrogen-bond acceptors (Lipinski definition) is 1. The highest BCUT2D eigenvalue weighted by atomic mass is 15.2. The van der Waals surface area contributed by atoms with Crippen LogP contribution in [0.4, 0.5) is 0 Å². The second-order valence-corrected chi connectivity index (χ2v) is 3.79. The zero-order valence-corrected chi connectivity index (χ0v) is 7.58. The summed E-state index contributed by atoms with van der Waals surface area (Å²) in [4.78, 5) is 2.64. The van der Waals surface area contributed by atoms with Gasteiger partial charge in [-0.25, -0.2) is 0 Å². The van der Waals surface area contributed by atoms with Gasteiger partial charge < -0.3 is 0 Å². The van der Waals surface area contributed by atoms with E-state index in [2.05, 4.69) is 23.6 Å². The lowest BCUT2D eigenvalue weighted by Gasteiger charge is -2.33. The van der Waals surface area contributed by atoms with Crippen LogP contribution < -0.4 is 0 Å². The second kappa shape index (κ2) is 3.44. The molecular weight excluding hydrogens is 146 g/mol. The third-order valence-electron chi connectivity index (χ3n) is 3.02. The first-order chi connectivity index (χ1) is 5.92. The molecule has 2 atom stereocenters. The molecule has 0 aromatic heterocycles. The highest BCUT2D eigenvalue weighted by Crippen LogP contribution is 2.28. The summed E-state index contributed by atoms with van der Waals surface area (Å²) in [5.41, 5.74) is 0. The predicted octanol–water partition coefficient (Wildman–Crippen LogP) is 2.36. The molecule has 0 unspecified atom stereocenters. The summed E-state index contributed by atoms with van der Waals surface area (Å²) in [7, 11) is 0. The van der Waals surface area contributed by atoms with Crippen molar-refractivity contribution in [1.29, 1.82) is 0 Å². The van der Waals surface area contributed by atoms with Gasteiger partial charge in [0.1, 0.15) is 0 Å². The van der Waals surface area contributed by atoms with E-state index in [0.29, 0.717) is 6.04 Å². The molecule has 1 nitrogen and oxygen atoms in total. The Morgan fingerprint density at radius 3 is 3.33 bits per heavy atom. The molecule has 1 saturated heterocycles. The van der Waals surface area contributed by atoms with Crippen LogP contribution in [-0.2, 0) is 0 Å². The smallest absolute Gasteiger partial charge is 0.0315 e. The molecule has 12 heavy (non-hydrogen) atoms. The molecule has 0 saturated carbocycles. The van der Waals surface area contributed by atoms with Gasteiger partial charge in [0.15, 0.2) is 0 Å².